The van der Waals surface area contributed by atoms with E-state index in [1.807, 2.05) is 6.07 Å². The Bertz CT molecular complexity index is 760. The standard InChI is InChI=1S/C20H29FN6/c21-14-6-4-5-13(11-14)16(9-10-25-15-7-2-1-3-8-15)17-12-18(22)26-20(27-24)19(17)23/h4-6,11-12,15-16,25H,1-3,7-10,23-24H2,(H3,22,26,27). The van der Waals surface area contributed by atoms with E-state index in [-0.39, 0.29) is 11.7 Å². The summed E-state index contributed by atoms with van der Waals surface area (Å²) in [4.78, 5) is 4.13. The van der Waals surface area contributed by atoms with Crippen LogP contribution in [-0.2, 0) is 0 Å². The highest BCUT2D eigenvalue weighted by molar-refractivity contribution is 5.70. The quantitative estimate of drug-likeness (QED) is 0.377. The molecule has 0 spiro atoms. The molecule has 27 heavy (non-hydrogen) atoms. The van der Waals surface area contributed by atoms with E-state index in [2.05, 4.69) is 15.7 Å². The molecule has 1 aromatic carbocycles. The van der Waals surface area contributed by atoms with E-state index in [0.29, 0.717) is 23.4 Å². The SMILES string of the molecule is NNc1nc(N)cc(C(CCNC2CCCCC2)c2cccc(F)c2)c1N. The van der Waals surface area contributed by atoms with Gasteiger partial charge in [-0.15, -0.1) is 0 Å². The van der Waals surface area contributed by atoms with Crippen LogP contribution < -0.4 is 28.1 Å². The molecule has 6 nitrogen and oxygen atoms in total. The first-order chi connectivity index (χ1) is 13.1. The zero-order valence-electron chi connectivity index (χ0n) is 15.5. The third-order valence-corrected chi connectivity index (χ3v) is 5.34. The van der Waals surface area contributed by atoms with Crippen LogP contribution >= 0.6 is 0 Å². The summed E-state index contributed by atoms with van der Waals surface area (Å²) in [5.41, 5.74) is 16.8. The normalized spacial score (nSPS) is 16.2. The average molecular weight is 372 g/mol. The average Bonchev–Trinajstić information content (AvgIpc) is 2.68. The van der Waals surface area contributed by atoms with Gasteiger partial charge in [-0.1, -0.05) is 31.4 Å². The van der Waals surface area contributed by atoms with Crippen LogP contribution in [0.4, 0.5) is 21.7 Å². The minimum absolute atomic E-state index is 0.103. The van der Waals surface area contributed by atoms with Crippen molar-refractivity contribution in [2.45, 2.75) is 50.5 Å². The van der Waals surface area contributed by atoms with Crippen LogP contribution in [0.15, 0.2) is 30.3 Å². The summed E-state index contributed by atoms with van der Waals surface area (Å²) < 4.78 is 13.9. The molecule has 146 valence electrons. The summed E-state index contributed by atoms with van der Waals surface area (Å²) in [5, 5.41) is 3.65. The Kier molecular flexibility index (Phi) is 6.47. The Hall–Kier alpha value is -2.38. The monoisotopic (exact) mass is 372 g/mol. The Morgan fingerprint density at radius 3 is 2.63 bits per heavy atom. The first-order valence-electron chi connectivity index (χ1n) is 9.60. The Morgan fingerprint density at radius 1 is 1.15 bits per heavy atom. The van der Waals surface area contributed by atoms with Crippen molar-refractivity contribution in [2.75, 3.05) is 23.4 Å². The van der Waals surface area contributed by atoms with Crippen LogP contribution in [0.1, 0.15) is 55.6 Å². The second kappa shape index (κ2) is 9.01. The Morgan fingerprint density at radius 2 is 1.93 bits per heavy atom. The van der Waals surface area contributed by atoms with E-state index in [1.54, 1.807) is 18.2 Å². The van der Waals surface area contributed by atoms with E-state index < -0.39 is 0 Å². The largest absolute Gasteiger partial charge is 0.395 e. The second-order valence-electron chi connectivity index (χ2n) is 7.23. The number of halogens is 1. The highest BCUT2D eigenvalue weighted by atomic mass is 19.1. The molecule has 1 saturated carbocycles. The zero-order chi connectivity index (χ0) is 19.2. The molecular weight excluding hydrogens is 343 g/mol. The molecule has 1 unspecified atom stereocenters. The fourth-order valence-electron chi connectivity index (χ4n) is 3.96. The molecule has 0 saturated heterocycles. The molecule has 2 aromatic rings. The molecule has 3 rings (SSSR count). The molecule has 1 atom stereocenters. The van der Waals surface area contributed by atoms with Crippen molar-refractivity contribution in [1.29, 1.82) is 0 Å². The van der Waals surface area contributed by atoms with E-state index in [1.165, 1.54) is 38.2 Å². The minimum Gasteiger partial charge on any atom is -0.395 e. The molecule has 0 aliphatic heterocycles. The number of anilines is 3. The lowest BCUT2D eigenvalue weighted by molar-refractivity contribution is 0.370. The molecular formula is C20H29FN6. The number of pyridine rings is 1. The number of hydrogen-bond acceptors (Lipinski definition) is 6. The second-order valence-corrected chi connectivity index (χ2v) is 7.23. The smallest absolute Gasteiger partial charge is 0.165 e. The first kappa shape index (κ1) is 19.4. The fourth-order valence-corrected chi connectivity index (χ4v) is 3.96. The molecule has 8 N–H and O–H groups in total. The lowest BCUT2D eigenvalue weighted by Gasteiger charge is -2.25. The highest BCUT2D eigenvalue weighted by Crippen LogP contribution is 2.36. The Balaban J connectivity index is 1.85. The van der Waals surface area contributed by atoms with Gasteiger partial charge in [-0.2, -0.15) is 0 Å². The van der Waals surface area contributed by atoms with Crippen molar-refractivity contribution in [2.24, 2.45) is 5.84 Å². The number of nitrogen functional groups attached to an aromatic ring is 3. The number of rotatable bonds is 7. The molecule has 0 bridgehead atoms. The van der Waals surface area contributed by atoms with Gasteiger partial charge in [0.15, 0.2) is 5.82 Å². The van der Waals surface area contributed by atoms with Gasteiger partial charge >= 0.3 is 0 Å². The molecule has 1 aromatic heterocycles. The van der Waals surface area contributed by atoms with Crippen LogP contribution in [0.3, 0.4) is 0 Å². The molecule has 1 aliphatic rings. The van der Waals surface area contributed by atoms with Crippen molar-refractivity contribution in [3.8, 4) is 0 Å². The summed E-state index contributed by atoms with van der Waals surface area (Å²) in [6.45, 7) is 0.818. The van der Waals surface area contributed by atoms with Crippen molar-refractivity contribution in [3.63, 3.8) is 0 Å². The van der Waals surface area contributed by atoms with Crippen LogP contribution in [0, 0.1) is 5.82 Å². The van der Waals surface area contributed by atoms with Gasteiger partial charge in [-0.3, -0.25) is 0 Å². The summed E-state index contributed by atoms with van der Waals surface area (Å²) in [7, 11) is 0. The summed E-state index contributed by atoms with van der Waals surface area (Å²) in [5.74, 6) is 5.83. The number of benzene rings is 1. The predicted molar refractivity (Wildman–Crippen MR) is 109 cm³/mol. The van der Waals surface area contributed by atoms with Gasteiger partial charge in [0.2, 0.25) is 0 Å². The maximum atomic E-state index is 13.9. The van der Waals surface area contributed by atoms with E-state index in [0.717, 1.165) is 24.1 Å². The third kappa shape index (κ3) is 4.87. The molecule has 1 fully saturated rings. The van der Waals surface area contributed by atoms with Crippen molar-refractivity contribution < 1.29 is 4.39 Å². The number of hydrogen-bond donors (Lipinski definition) is 5. The fraction of sp³-hybridized carbons (Fsp3) is 0.450. The molecule has 7 heteroatoms. The lowest BCUT2D eigenvalue weighted by Crippen LogP contribution is -2.32. The van der Waals surface area contributed by atoms with Gasteiger partial charge in [-0.05, 0) is 55.1 Å². The molecule has 1 heterocycles. The maximum Gasteiger partial charge on any atom is 0.165 e. The van der Waals surface area contributed by atoms with Gasteiger partial charge in [0.05, 0.1) is 5.69 Å². The molecule has 1 aliphatic carbocycles. The topological polar surface area (TPSA) is 115 Å². The van der Waals surface area contributed by atoms with Crippen LogP contribution in [-0.4, -0.2) is 17.6 Å². The van der Waals surface area contributed by atoms with Gasteiger partial charge in [0.1, 0.15) is 11.6 Å². The van der Waals surface area contributed by atoms with Gasteiger partial charge < -0.3 is 22.2 Å². The maximum absolute atomic E-state index is 13.9. The lowest BCUT2D eigenvalue weighted by atomic mass is 9.87. The summed E-state index contributed by atoms with van der Waals surface area (Å²) in [6.07, 6.45) is 7.10. The number of nitrogens with two attached hydrogens (primary N) is 3. The summed E-state index contributed by atoms with van der Waals surface area (Å²) >= 11 is 0. The van der Waals surface area contributed by atoms with E-state index >= 15 is 0 Å². The third-order valence-electron chi connectivity index (χ3n) is 5.34. The summed E-state index contributed by atoms with van der Waals surface area (Å²) in [6, 6.07) is 8.95. The number of nitrogens with one attached hydrogen (secondary N) is 2. The minimum atomic E-state index is -0.268. The highest BCUT2D eigenvalue weighted by Gasteiger charge is 2.21. The van der Waals surface area contributed by atoms with Crippen LogP contribution in [0.5, 0.6) is 0 Å². The van der Waals surface area contributed by atoms with Gasteiger partial charge in [-0.25, -0.2) is 15.2 Å². The zero-order valence-corrected chi connectivity index (χ0v) is 15.5. The van der Waals surface area contributed by atoms with Crippen molar-refractivity contribution >= 4 is 17.3 Å². The van der Waals surface area contributed by atoms with E-state index in [9.17, 15) is 4.39 Å². The van der Waals surface area contributed by atoms with Gasteiger partial charge in [0.25, 0.3) is 0 Å². The molecule has 0 amide bonds. The predicted octanol–water partition coefficient (Wildman–Crippen LogP) is 3.12. The van der Waals surface area contributed by atoms with Crippen molar-refractivity contribution in [1.82, 2.24) is 10.3 Å². The van der Waals surface area contributed by atoms with Crippen LogP contribution in [0.2, 0.25) is 0 Å². The number of hydrazine groups is 1. The number of nitrogens with zero attached hydrogens (tertiary/aromatic N) is 1. The first-order valence-corrected chi connectivity index (χ1v) is 9.60. The van der Waals surface area contributed by atoms with Gasteiger partial charge in [0, 0.05) is 12.0 Å². The molecule has 0 radical (unpaired) electrons. The van der Waals surface area contributed by atoms with Crippen LogP contribution in [0.25, 0.3) is 0 Å². The Labute approximate surface area is 159 Å². The van der Waals surface area contributed by atoms with Crippen molar-refractivity contribution in [3.05, 3.63) is 47.3 Å². The van der Waals surface area contributed by atoms with E-state index in [4.69, 9.17) is 17.3 Å². The number of aromatic nitrogens is 1.